The lowest BCUT2D eigenvalue weighted by molar-refractivity contribution is -0.114. The third-order valence-corrected chi connectivity index (χ3v) is 5.38. The van der Waals surface area contributed by atoms with Gasteiger partial charge in [-0.05, 0) is 54.2 Å². The molecule has 0 atom stereocenters. The van der Waals surface area contributed by atoms with Gasteiger partial charge >= 0.3 is 6.03 Å². The highest BCUT2D eigenvalue weighted by molar-refractivity contribution is 6.00. The largest absolute Gasteiger partial charge is 0.326 e. The van der Waals surface area contributed by atoms with Crippen molar-refractivity contribution in [1.29, 1.82) is 0 Å². The summed E-state index contributed by atoms with van der Waals surface area (Å²) < 4.78 is 0. The van der Waals surface area contributed by atoms with Crippen molar-refractivity contribution in [2.75, 3.05) is 23.7 Å². The summed E-state index contributed by atoms with van der Waals surface area (Å²) in [6.07, 6.45) is 2.07. The number of urea groups is 1. The Hall–Kier alpha value is -3.35. The number of carbonyl (C=O) groups is 2. The Morgan fingerprint density at radius 2 is 1.83 bits per heavy atom. The van der Waals surface area contributed by atoms with E-state index in [1.165, 1.54) is 6.92 Å². The van der Waals surface area contributed by atoms with Crippen LogP contribution in [0, 0.1) is 5.92 Å². The van der Waals surface area contributed by atoms with E-state index in [0.29, 0.717) is 11.7 Å². The van der Waals surface area contributed by atoms with Crippen LogP contribution in [0.4, 0.5) is 16.3 Å². The van der Waals surface area contributed by atoms with Crippen LogP contribution in [-0.4, -0.2) is 40.1 Å². The van der Waals surface area contributed by atoms with Crippen LogP contribution in [0.5, 0.6) is 0 Å². The Bertz CT molecular complexity index is 1050. The number of anilines is 2. The van der Waals surface area contributed by atoms with Crippen molar-refractivity contribution in [3.63, 3.8) is 0 Å². The van der Waals surface area contributed by atoms with Gasteiger partial charge in [-0.25, -0.2) is 4.79 Å². The van der Waals surface area contributed by atoms with E-state index >= 15 is 0 Å². The van der Waals surface area contributed by atoms with E-state index in [9.17, 15) is 9.59 Å². The van der Waals surface area contributed by atoms with Crippen LogP contribution in [0.2, 0.25) is 0 Å². The molecular formula is C22H25N5O2. The molecule has 3 aromatic rings. The molecule has 1 aliphatic heterocycles. The van der Waals surface area contributed by atoms with Gasteiger partial charge in [-0.1, -0.05) is 25.1 Å². The van der Waals surface area contributed by atoms with Crippen molar-refractivity contribution >= 4 is 34.3 Å². The van der Waals surface area contributed by atoms with Crippen molar-refractivity contribution < 1.29 is 9.59 Å². The van der Waals surface area contributed by atoms with Gasteiger partial charge in [-0.2, -0.15) is 5.10 Å². The van der Waals surface area contributed by atoms with Crippen molar-refractivity contribution in [3.05, 3.63) is 42.5 Å². The monoisotopic (exact) mass is 391 g/mol. The Morgan fingerprint density at radius 1 is 1.07 bits per heavy atom. The van der Waals surface area contributed by atoms with Crippen LogP contribution in [0.1, 0.15) is 26.7 Å². The fourth-order valence-electron chi connectivity index (χ4n) is 3.67. The van der Waals surface area contributed by atoms with E-state index in [1.807, 2.05) is 47.4 Å². The number of fused-ring (bicyclic) bond motifs is 1. The molecular weight excluding hydrogens is 366 g/mol. The van der Waals surface area contributed by atoms with E-state index in [0.717, 1.165) is 53.6 Å². The van der Waals surface area contributed by atoms with Gasteiger partial charge in [0.05, 0.1) is 5.52 Å². The molecule has 2 aromatic carbocycles. The average molecular weight is 391 g/mol. The molecule has 0 radical (unpaired) electrons. The zero-order valence-electron chi connectivity index (χ0n) is 16.7. The summed E-state index contributed by atoms with van der Waals surface area (Å²) in [5, 5.41) is 13.9. The highest BCUT2D eigenvalue weighted by Gasteiger charge is 2.21. The van der Waals surface area contributed by atoms with Crippen LogP contribution >= 0.6 is 0 Å². The first-order chi connectivity index (χ1) is 14.0. The molecule has 0 saturated carbocycles. The molecule has 7 nitrogen and oxygen atoms in total. The summed E-state index contributed by atoms with van der Waals surface area (Å²) in [5.74, 6) is 1.12. The van der Waals surface area contributed by atoms with E-state index in [-0.39, 0.29) is 11.9 Å². The molecule has 0 bridgehead atoms. The fraction of sp³-hybridized carbons (Fsp3) is 0.318. The summed E-state index contributed by atoms with van der Waals surface area (Å²) in [4.78, 5) is 25.7. The molecule has 4 rings (SSSR count). The Kier molecular flexibility index (Phi) is 5.20. The zero-order chi connectivity index (χ0) is 20.4. The normalized spacial score (nSPS) is 14.8. The van der Waals surface area contributed by atoms with Gasteiger partial charge in [0.15, 0.2) is 5.82 Å². The van der Waals surface area contributed by atoms with Crippen LogP contribution in [0.3, 0.4) is 0 Å². The van der Waals surface area contributed by atoms with Gasteiger partial charge in [-0.3, -0.25) is 15.2 Å². The van der Waals surface area contributed by atoms with E-state index in [1.54, 1.807) is 0 Å². The van der Waals surface area contributed by atoms with E-state index in [4.69, 9.17) is 0 Å². The second-order valence-corrected chi connectivity index (χ2v) is 7.69. The van der Waals surface area contributed by atoms with Gasteiger partial charge in [0, 0.05) is 31.1 Å². The predicted octanol–water partition coefficient (Wildman–Crippen LogP) is 4.45. The molecule has 1 fully saturated rings. The topological polar surface area (TPSA) is 90.1 Å². The maximum atomic E-state index is 12.6. The number of rotatable bonds is 3. The standard InChI is InChI=1S/C22H25N5O2/c1-14-8-10-27(11-9-14)22(29)24-21-19-7-6-17(13-20(19)25-26-21)16-4-3-5-18(12-16)23-15(2)28/h3-7,12-14H,8-11H2,1-2H3,(H,23,28)(H2,24,25,26,29). The number of hydrogen-bond acceptors (Lipinski definition) is 3. The zero-order valence-corrected chi connectivity index (χ0v) is 16.7. The molecule has 7 heteroatoms. The van der Waals surface area contributed by atoms with Gasteiger partial charge in [0.2, 0.25) is 5.91 Å². The SMILES string of the molecule is CC(=O)Nc1cccc(-c2ccc3c(NC(=O)N4CCC(C)CC4)n[nH]c3c2)c1. The lowest BCUT2D eigenvalue weighted by Gasteiger charge is -2.30. The van der Waals surface area contributed by atoms with Crippen LogP contribution in [0.25, 0.3) is 22.0 Å². The Balaban J connectivity index is 1.53. The summed E-state index contributed by atoms with van der Waals surface area (Å²) in [7, 11) is 0. The van der Waals surface area contributed by atoms with Gasteiger partial charge < -0.3 is 10.2 Å². The number of aromatic nitrogens is 2. The first-order valence-electron chi connectivity index (χ1n) is 9.91. The lowest BCUT2D eigenvalue weighted by atomic mass is 10.00. The first-order valence-corrected chi connectivity index (χ1v) is 9.91. The molecule has 0 spiro atoms. The number of piperidine rings is 1. The van der Waals surface area contributed by atoms with Crippen LogP contribution in [-0.2, 0) is 4.79 Å². The van der Waals surface area contributed by atoms with Gasteiger partial charge in [-0.15, -0.1) is 0 Å². The fourth-order valence-corrected chi connectivity index (χ4v) is 3.67. The van der Waals surface area contributed by atoms with Crippen LogP contribution < -0.4 is 10.6 Å². The van der Waals surface area contributed by atoms with Crippen molar-refractivity contribution in [1.82, 2.24) is 15.1 Å². The maximum Gasteiger partial charge on any atom is 0.323 e. The molecule has 0 aliphatic carbocycles. The molecule has 3 N–H and O–H groups in total. The van der Waals surface area contributed by atoms with Crippen LogP contribution in [0.15, 0.2) is 42.5 Å². The highest BCUT2D eigenvalue weighted by atomic mass is 16.2. The van der Waals surface area contributed by atoms with Crippen molar-refractivity contribution in [2.24, 2.45) is 5.92 Å². The Morgan fingerprint density at radius 3 is 2.59 bits per heavy atom. The number of H-pyrrole nitrogens is 1. The molecule has 29 heavy (non-hydrogen) atoms. The third kappa shape index (κ3) is 4.23. The molecule has 1 aliphatic rings. The minimum absolute atomic E-state index is 0.0996. The number of likely N-dealkylation sites (tertiary alicyclic amines) is 1. The quantitative estimate of drug-likeness (QED) is 0.616. The van der Waals surface area contributed by atoms with Crippen molar-refractivity contribution in [3.8, 4) is 11.1 Å². The highest BCUT2D eigenvalue weighted by Crippen LogP contribution is 2.29. The molecule has 150 valence electrons. The summed E-state index contributed by atoms with van der Waals surface area (Å²) in [6.45, 7) is 5.28. The number of hydrogen-bond donors (Lipinski definition) is 3. The number of carbonyl (C=O) groups excluding carboxylic acids is 2. The molecule has 1 saturated heterocycles. The van der Waals surface area contributed by atoms with Gasteiger partial charge in [0.25, 0.3) is 0 Å². The Labute approximate surface area is 169 Å². The molecule has 2 heterocycles. The molecule has 3 amide bonds. The molecule has 0 unspecified atom stereocenters. The number of benzene rings is 2. The number of nitrogens with one attached hydrogen (secondary N) is 3. The summed E-state index contributed by atoms with van der Waals surface area (Å²) >= 11 is 0. The first kappa shape index (κ1) is 19.0. The smallest absolute Gasteiger partial charge is 0.323 e. The second-order valence-electron chi connectivity index (χ2n) is 7.69. The molecule has 1 aromatic heterocycles. The second kappa shape index (κ2) is 7.95. The minimum Gasteiger partial charge on any atom is -0.326 e. The van der Waals surface area contributed by atoms with E-state index < -0.39 is 0 Å². The number of aromatic amines is 1. The minimum atomic E-state index is -0.102. The predicted molar refractivity (Wildman–Crippen MR) is 115 cm³/mol. The maximum absolute atomic E-state index is 12.6. The van der Waals surface area contributed by atoms with Crippen molar-refractivity contribution in [2.45, 2.75) is 26.7 Å². The third-order valence-electron chi connectivity index (χ3n) is 5.38. The lowest BCUT2D eigenvalue weighted by Crippen LogP contribution is -2.40. The number of amides is 3. The van der Waals surface area contributed by atoms with Gasteiger partial charge in [0.1, 0.15) is 0 Å². The summed E-state index contributed by atoms with van der Waals surface area (Å²) in [6, 6.07) is 13.5. The summed E-state index contributed by atoms with van der Waals surface area (Å²) in [5.41, 5.74) is 3.58. The van der Waals surface area contributed by atoms with E-state index in [2.05, 4.69) is 27.8 Å². The average Bonchev–Trinajstić information content (AvgIpc) is 3.10. The number of nitrogens with zero attached hydrogens (tertiary/aromatic N) is 2.